The number of alkyl halides is 3. The Morgan fingerprint density at radius 3 is 2.44 bits per heavy atom. The second-order valence-corrected chi connectivity index (χ2v) is 6.53. The first kappa shape index (κ1) is 17.8. The van der Waals surface area contributed by atoms with Crippen LogP contribution in [0, 0.1) is 5.82 Å². The van der Waals surface area contributed by atoms with Crippen molar-refractivity contribution in [2.45, 2.75) is 51.3 Å². The summed E-state index contributed by atoms with van der Waals surface area (Å²) in [4.78, 5) is 0. The van der Waals surface area contributed by atoms with Crippen LogP contribution in [0.25, 0.3) is 0 Å². The number of rotatable bonds is 4. The summed E-state index contributed by atoms with van der Waals surface area (Å²) in [6.07, 6.45) is -0.667. The van der Waals surface area contributed by atoms with Gasteiger partial charge >= 0.3 is 6.36 Å². The first-order valence-corrected chi connectivity index (χ1v) is 8.51. The summed E-state index contributed by atoms with van der Waals surface area (Å²) in [7, 11) is 0. The van der Waals surface area contributed by atoms with Gasteiger partial charge in [0, 0.05) is 0 Å². The molecule has 0 aliphatic heterocycles. The minimum atomic E-state index is -4.88. The fourth-order valence-corrected chi connectivity index (χ4v) is 3.49. The lowest BCUT2D eigenvalue weighted by molar-refractivity contribution is -0.275. The molecule has 0 bridgehead atoms. The van der Waals surface area contributed by atoms with Crippen LogP contribution >= 0.6 is 0 Å². The number of ether oxygens (including phenoxy) is 1. The molecule has 25 heavy (non-hydrogen) atoms. The van der Waals surface area contributed by atoms with Gasteiger partial charge in [-0.2, -0.15) is 0 Å². The summed E-state index contributed by atoms with van der Waals surface area (Å²) in [5.41, 5.74) is 3.99. The van der Waals surface area contributed by atoms with Crippen LogP contribution in [-0.2, 0) is 19.3 Å². The predicted molar refractivity (Wildman–Crippen MR) is 88.3 cm³/mol. The molecular formula is C20H20F4O. The monoisotopic (exact) mass is 352 g/mol. The van der Waals surface area contributed by atoms with Gasteiger partial charge in [0.05, 0.1) is 0 Å². The lowest BCUT2D eigenvalue weighted by atomic mass is 9.80. The molecule has 0 N–H and O–H groups in total. The lowest BCUT2D eigenvalue weighted by Crippen LogP contribution is -2.19. The Bertz CT molecular complexity index is 735. The smallest absolute Gasteiger partial charge is 0.403 e. The van der Waals surface area contributed by atoms with E-state index < -0.39 is 17.9 Å². The minimum absolute atomic E-state index is 0.261. The molecule has 0 saturated heterocycles. The third-order valence-corrected chi connectivity index (χ3v) is 4.70. The molecule has 1 aliphatic carbocycles. The van der Waals surface area contributed by atoms with Gasteiger partial charge in [0.15, 0.2) is 11.6 Å². The van der Waals surface area contributed by atoms with Crippen molar-refractivity contribution in [3.05, 3.63) is 64.5 Å². The van der Waals surface area contributed by atoms with Crippen molar-refractivity contribution in [2.24, 2.45) is 0 Å². The maximum absolute atomic E-state index is 14.0. The maximum Gasteiger partial charge on any atom is 0.573 e. The molecule has 0 amide bonds. The Morgan fingerprint density at radius 1 is 1.08 bits per heavy atom. The Morgan fingerprint density at radius 2 is 1.80 bits per heavy atom. The van der Waals surface area contributed by atoms with E-state index in [-0.39, 0.29) is 5.92 Å². The van der Waals surface area contributed by atoms with Crippen molar-refractivity contribution < 1.29 is 22.3 Å². The normalized spacial score (nSPS) is 17.2. The fourth-order valence-electron chi connectivity index (χ4n) is 3.49. The molecule has 0 fully saturated rings. The highest BCUT2D eigenvalue weighted by Gasteiger charge is 2.33. The number of halogens is 4. The van der Waals surface area contributed by atoms with Crippen LogP contribution < -0.4 is 4.74 Å². The number of benzene rings is 2. The quantitative estimate of drug-likeness (QED) is 0.618. The summed E-state index contributed by atoms with van der Waals surface area (Å²) in [5.74, 6) is -1.44. The molecule has 5 heteroatoms. The summed E-state index contributed by atoms with van der Waals surface area (Å²) in [6.45, 7) is 2.14. The van der Waals surface area contributed by atoms with E-state index in [9.17, 15) is 17.6 Å². The Hall–Kier alpha value is -2.04. The second kappa shape index (κ2) is 7.06. The van der Waals surface area contributed by atoms with Crippen molar-refractivity contribution >= 4 is 0 Å². The minimum Gasteiger partial charge on any atom is -0.403 e. The van der Waals surface area contributed by atoms with Gasteiger partial charge in [-0.05, 0) is 66.0 Å². The van der Waals surface area contributed by atoms with E-state index >= 15 is 0 Å². The van der Waals surface area contributed by atoms with Gasteiger partial charge in [-0.25, -0.2) is 4.39 Å². The van der Waals surface area contributed by atoms with Crippen molar-refractivity contribution in [3.8, 4) is 5.75 Å². The van der Waals surface area contributed by atoms with E-state index in [1.54, 1.807) is 0 Å². The molecule has 1 unspecified atom stereocenters. The molecular weight excluding hydrogens is 332 g/mol. The zero-order valence-electron chi connectivity index (χ0n) is 14.0. The van der Waals surface area contributed by atoms with Crippen LogP contribution in [0.4, 0.5) is 17.6 Å². The number of fused-ring (bicyclic) bond motifs is 1. The number of hydrogen-bond acceptors (Lipinski definition) is 1. The standard InChI is InChI=1S/C20H20F4O/c1-2-3-13-4-6-14(7-5-13)15-8-9-16-12-19(25-20(22,23)24)18(21)11-17(16)10-15/h4-7,11-12,15H,2-3,8-10H2,1H3. The van der Waals surface area contributed by atoms with Crippen molar-refractivity contribution in [3.63, 3.8) is 0 Å². The Balaban J connectivity index is 1.78. The first-order chi connectivity index (χ1) is 11.9. The van der Waals surface area contributed by atoms with E-state index in [1.165, 1.54) is 23.3 Å². The summed E-state index contributed by atoms with van der Waals surface area (Å²) in [5, 5.41) is 0. The summed E-state index contributed by atoms with van der Waals surface area (Å²) < 4.78 is 54.7. The van der Waals surface area contributed by atoms with Crippen LogP contribution in [0.15, 0.2) is 36.4 Å². The predicted octanol–water partition coefficient (Wildman–Crippen LogP) is 5.95. The highest BCUT2D eigenvalue weighted by Crippen LogP contribution is 2.36. The van der Waals surface area contributed by atoms with Gasteiger partial charge in [0.2, 0.25) is 0 Å². The van der Waals surface area contributed by atoms with Crippen molar-refractivity contribution in [1.29, 1.82) is 0 Å². The second-order valence-electron chi connectivity index (χ2n) is 6.53. The zero-order chi connectivity index (χ0) is 18.0. The topological polar surface area (TPSA) is 9.23 Å². The molecule has 0 aromatic heterocycles. The van der Waals surface area contributed by atoms with E-state index in [0.717, 1.165) is 30.4 Å². The van der Waals surface area contributed by atoms with Crippen LogP contribution in [0.1, 0.15) is 47.9 Å². The van der Waals surface area contributed by atoms with Crippen LogP contribution in [0.5, 0.6) is 5.75 Å². The molecule has 1 aliphatic rings. The van der Waals surface area contributed by atoms with Crippen LogP contribution in [0.3, 0.4) is 0 Å². The zero-order valence-corrected chi connectivity index (χ0v) is 14.0. The van der Waals surface area contributed by atoms with Crippen molar-refractivity contribution in [2.75, 3.05) is 0 Å². The van der Waals surface area contributed by atoms with E-state index in [0.29, 0.717) is 12.8 Å². The van der Waals surface area contributed by atoms with Crippen LogP contribution in [0.2, 0.25) is 0 Å². The first-order valence-electron chi connectivity index (χ1n) is 8.51. The molecule has 2 aromatic rings. The van der Waals surface area contributed by atoms with Gasteiger partial charge in [-0.3, -0.25) is 0 Å². The van der Waals surface area contributed by atoms with Crippen molar-refractivity contribution in [1.82, 2.24) is 0 Å². The molecule has 1 nitrogen and oxygen atoms in total. The molecule has 0 radical (unpaired) electrons. The van der Waals surface area contributed by atoms with Gasteiger partial charge in [-0.1, -0.05) is 37.6 Å². The summed E-state index contributed by atoms with van der Waals surface area (Å²) >= 11 is 0. The van der Waals surface area contributed by atoms with Gasteiger partial charge in [0.25, 0.3) is 0 Å². The summed E-state index contributed by atoms with van der Waals surface area (Å²) in [6, 6.07) is 10.8. The number of hydrogen-bond donors (Lipinski definition) is 0. The maximum atomic E-state index is 14.0. The molecule has 0 heterocycles. The molecule has 0 spiro atoms. The molecule has 1 atom stereocenters. The lowest BCUT2D eigenvalue weighted by Gasteiger charge is -2.26. The highest BCUT2D eigenvalue weighted by atomic mass is 19.4. The molecule has 0 saturated carbocycles. The molecule has 3 rings (SSSR count). The Labute approximate surface area is 144 Å². The van der Waals surface area contributed by atoms with E-state index in [2.05, 4.69) is 35.9 Å². The van der Waals surface area contributed by atoms with Gasteiger partial charge in [-0.15, -0.1) is 13.2 Å². The van der Waals surface area contributed by atoms with Gasteiger partial charge < -0.3 is 4.74 Å². The number of aryl methyl sites for hydroxylation is 2. The molecule has 134 valence electrons. The average molecular weight is 352 g/mol. The Kier molecular flexibility index (Phi) is 5.02. The van der Waals surface area contributed by atoms with Crippen LogP contribution in [-0.4, -0.2) is 6.36 Å². The third kappa shape index (κ3) is 4.33. The van der Waals surface area contributed by atoms with Gasteiger partial charge in [0.1, 0.15) is 0 Å². The fraction of sp³-hybridized carbons (Fsp3) is 0.400. The van der Waals surface area contributed by atoms with E-state index in [1.807, 2.05) is 0 Å². The van der Waals surface area contributed by atoms with E-state index in [4.69, 9.17) is 0 Å². The average Bonchev–Trinajstić information content (AvgIpc) is 2.55. The third-order valence-electron chi connectivity index (χ3n) is 4.70. The molecule has 2 aromatic carbocycles. The highest BCUT2D eigenvalue weighted by molar-refractivity contribution is 5.41. The SMILES string of the molecule is CCCc1ccc(C2CCc3cc(OC(F)(F)F)c(F)cc3C2)cc1. The largest absolute Gasteiger partial charge is 0.573 e.